The molecule has 0 fully saturated rings. The van der Waals surface area contributed by atoms with Gasteiger partial charge in [0.15, 0.2) is 0 Å². The Kier molecular flexibility index (Phi) is 5.01. The minimum absolute atomic E-state index is 0.267. The fourth-order valence-electron chi connectivity index (χ4n) is 3.14. The summed E-state index contributed by atoms with van der Waals surface area (Å²) < 4.78 is 20.9. The van der Waals surface area contributed by atoms with Gasteiger partial charge in [0.25, 0.3) is 5.56 Å². The molecule has 0 spiro atoms. The zero-order chi connectivity index (χ0) is 21.3. The average Bonchev–Trinajstić information content (AvgIpc) is 3.18. The maximum Gasteiger partial charge on any atom is 0.293 e. The van der Waals surface area contributed by atoms with Crippen molar-refractivity contribution in [3.05, 3.63) is 76.6 Å². The Bertz CT molecular complexity index is 1290. The average molecular weight is 407 g/mol. The van der Waals surface area contributed by atoms with Crippen molar-refractivity contribution in [2.24, 2.45) is 0 Å². The lowest BCUT2D eigenvalue weighted by molar-refractivity contribution is -0.117. The van der Waals surface area contributed by atoms with Crippen LogP contribution < -0.4 is 15.6 Å². The Morgan fingerprint density at radius 1 is 1.20 bits per heavy atom. The van der Waals surface area contributed by atoms with Gasteiger partial charge in [0.1, 0.15) is 23.6 Å². The van der Waals surface area contributed by atoms with Crippen LogP contribution in [0, 0.1) is 12.7 Å². The van der Waals surface area contributed by atoms with Crippen LogP contribution in [-0.4, -0.2) is 32.6 Å². The number of aromatic nitrogens is 4. The summed E-state index contributed by atoms with van der Waals surface area (Å²) in [6.07, 6.45) is 1.53. The number of hydrogen-bond acceptors (Lipinski definition) is 5. The van der Waals surface area contributed by atoms with E-state index < -0.39 is 11.5 Å². The molecule has 2 heterocycles. The Morgan fingerprint density at radius 2 is 1.97 bits per heavy atom. The second kappa shape index (κ2) is 7.78. The number of nitrogens with zero attached hydrogens (tertiary/aromatic N) is 4. The fraction of sp³-hybridized carbons (Fsp3) is 0.143. The molecule has 8 nitrogen and oxygen atoms in total. The summed E-state index contributed by atoms with van der Waals surface area (Å²) in [6, 6.07) is 12.5. The van der Waals surface area contributed by atoms with Gasteiger partial charge in [0.05, 0.1) is 24.7 Å². The number of ether oxygens (including phenoxy) is 1. The van der Waals surface area contributed by atoms with Crippen molar-refractivity contribution in [2.45, 2.75) is 13.5 Å². The molecule has 2 aromatic heterocycles. The molecule has 1 N–H and O–H groups in total. The molecule has 30 heavy (non-hydrogen) atoms. The number of benzene rings is 2. The van der Waals surface area contributed by atoms with Crippen molar-refractivity contribution in [3.63, 3.8) is 0 Å². The lowest BCUT2D eigenvalue weighted by Crippen LogP contribution is -2.31. The number of anilines is 1. The molecule has 0 aliphatic carbocycles. The van der Waals surface area contributed by atoms with Crippen molar-refractivity contribution in [1.29, 1.82) is 0 Å². The van der Waals surface area contributed by atoms with E-state index in [1.54, 1.807) is 31.2 Å². The van der Waals surface area contributed by atoms with Crippen LogP contribution in [0.15, 0.2) is 59.5 Å². The van der Waals surface area contributed by atoms with Gasteiger partial charge >= 0.3 is 0 Å². The molecule has 4 aromatic rings. The van der Waals surface area contributed by atoms with Crippen LogP contribution in [-0.2, 0) is 11.3 Å². The Balaban J connectivity index is 1.68. The van der Waals surface area contributed by atoms with Gasteiger partial charge in [0.2, 0.25) is 5.91 Å². The normalized spacial score (nSPS) is 10.9. The third kappa shape index (κ3) is 3.64. The van der Waals surface area contributed by atoms with Crippen LogP contribution >= 0.6 is 0 Å². The van der Waals surface area contributed by atoms with Gasteiger partial charge < -0.3 is 10.1 Å². The molecule has 2 aromatic carbocycles. The highest BCUT2D eigenvalue weighted by molar-refractivity contribution is 5.91. The summed E-state index contributed by atoms with van der Waals surface area (Å²) in [5, 5.41) is 11.8. The van der Waals surface area contributed by atoms with Crippen molar-refractivity contribution in [3.8, 4) is 11.4 Å². The Hall–Kier alpha value is -4.01. The zero-order valence-corrected chi connectivity index (χ0v) is 16.3. The summed E-state index contributed by atoms with van der Waals surface area (Å²) in [7, 11) is 1.53. The second-order valence-corrected chi connectivity index (χ2v) is 6.62. The molecule has 1 amide bonds. The fourth-order valence-corrected chi connectivity index (χ4v) is 3.14. The van der Waals surface area contributed by atoms with E-state index in [1.165, 1.54) is 42.3 Å². The maximum absolute atomic E-state index is 13.3. The number of amides is 1. The lowest BCUT2D eigenvalue weighted by atomic mass is 10.2. The molecule has 0 radical (unpaired) electrons. The van der Waals surface area contributed by atoms with Crippen LogP contribution in [0.4, 0.5) is 10.1 Å². The summed E-state index contributed by atoms with van der Waals surface area (Å²) in [5.74, 6) is -0.201. The first-order chi connectivity index (χ1) is 14.5. The molecule has 152 valence electrons. The monoisotopic (exact) mass is 407 g/mol. The molecular weight excluding hydrogens is 389 g/mol. The van der Waals surface area contributed by atoms with Crippen LogP contribution in [0.1, 0.15) is 5.69 Å². The molecular formula is C21H18FN5O3. The van der Waals surface area contributed by atoms with E-state index in [-0.39, 0.29) is 17.9 Å². The largest absolute Gasteiger partial charge is 0.497 e. The van der Waals surface area contributed by atoms with Crippen LogP contribution in [0.2, 0.25) is 0 Å². The molecule has 0 aliphatic rings. The first-order valence-electron chi connectivity index (χ1n) is 9.11. The summed E-state index contributed by atoms with van der Waals surface area (Å²) in [4.78, 5) is 25.6. The molecule has 4 rings (SSSR count). The standard InChI is InChI=1S/C21H18FN5O3/c1-13-18-11-23-27(16-8-6-14(22)7-9-16)20(18)21(29)26(25-13)12-19(28)24-15-4-3-5-17(10-15)30-2/h3-11H,12H2,1-2H3,(H,24,28). The van der Waals surface area contributed by atoms with E-state index in [0.29, 0.717) is 28.2 Å². The van der Waals surface area contributed by atoms with E-state index in [4.69, 9.17) is 4.74 Å². The minimum Gasteiger partial charge on any atom is -0.497 e. The van der Waals surface area contributed by atoms with Crippen molar-refractivity contribution in [1.82, 2.24) is 19.6 Å². The summed E-state index contributed by atoms with van der Waals surface area (Å²) in [5.41, 5.74) is 1.41. The second-order valence-electron chi connectivity index (χ2n) is 6.62. The van der Waals surface area contributed by atoms with E-state index in [9.17, 15) is 14.0 Å². The summed E-state index contributed by atoms with van der Waals surface area (Å²) in [6.45, 7) is 1.45. The van der Waals surface area contributed by atoms with Gasteiger partial charge in [-0.1, -0.05) is 6.07 Å². The van der Waals surface area contributed by atoms with Crippen LogP contribution in [0.5, 0.6) is 5.75 Å². The number of hydrogen-bond donors (Lipinski definition) is 1. The first-order valence-corrected chi connectivity index (χ1v) is 9.11. The molecule has 0 aliphatic heterocycles. The molecule has 9 heteroatoms. The third-order valence-corrected chi connectivity index (χ3v) is 4.58. The van der Waals surface area contributed by atoms with Gasteiger partial charge in [-0.15, -0.1) is 0 Å². The molecule has 0 bridgehead atoms. The van der Waals surface area contributed by atoms with E-state index >= 15 is 0 Å². The Morgan fingerprint density at radius 3 is 2.70 bits per heavy atom. The number of nitrogens with one attached hydrogen (secondary N) is 1. The number of halogens is 1. The maximum atomic E-state index is 13.3. The summed E-state index contributed by atoms with van der Waals surface area (Å²) >= 11 is 0. The van der Waals surface area contributed by atoms with Gasteiger partial charge in [-0.2, -0.15) is 10.2 Å². The van der Waals surface area contributed by atoms with Crippen LogP contribution in [0.25, 0.3) is 16.6 Å². The van der Waals surface area contributed by atoms with Gasteiger partial charge in [-0.05, 0) is 43.3 Å². The third-order valence-electron chi connectivity index (χ3n) is 4.58. The minimum atomic E-state index is -0.474. The van der Waals surface area contributed by atoms with Crippen molar-refractivity contribution in [2.75, 3.05) is 12.4 Å². The van der Waals surface area contributed by atoms with E-state index in [1.807, 2.05) is 0 Å². The molecule has 0 saturated heterocycles. The van der Waals surface area contributed by atoms with Crippen molar-refractivity contribution >= 4 is 22.5 Å². The number of rotatable bonds is 5. The highest BCUT2D eigenvalue weighted by Crippen LogP contribution is 2.18. The predicted octanol–water partition coefficient (Wildman–Crippen LogP) is 2.68. The van der Waals surface area contributed by atoms with Gasteiger partial charge in [-0.3, -0.25) is 9.59 Å². The lowest BCUT2D eigenvalue weighted by Gasteiger charge is -2.10. The van der Waals surface area contributed by atoms with Gasteiger partial charge in [-0.25, -0.2) is 13.8 Å². The zero-order valence-electron chi connectivity index (χ0n) is 16.3. The predicted molar refractivity (Wildman–Crippen MR) is 109 cm³/mol. The number of aryl methyl sites for hydroxylation is 1. The Labute approximate surface area is 170 Å². The highest BCUT2D eigenvalue weighted by atomic mass is 19.1. The molecule has 0 atom stereocenters. The van der Waals surface area contributed by atoms with Crippen molar-refractivity contribution < 1.29 is 13.9 Å². The number of carbonyl (C=O) groups excluding carboxylic acids is 1. The van der Waals surface area contributed by atoms with Crippen LogP contribution in [0.3, 0.4) is 0 Å². The SMILES string of the molecule is COc1cccc(NC(=O)Cn2nc(C)c3cnn(-c4ccc(F)cc4)c3c2=O)c1. The number of fused-ring (bicyclic) bond motifs is 1. The number of carbonyl (C=O) groups is 1. The van der Waals surface area contributed by atoms with E-state index in [2.05, 4.69) is 15.5 Å². The molecule has 0 saturated carbocycles. The topological polar surface area (TPSA) is 91.0 Å². The molecule has 0 unspecified atom stereocenters. The number of methoxy groups -OCH3 is 1. The van der Waals surface area contributed by atoms with E-state index in [0.717, 1.165) is 4.68 Å². The quantitative estimate of drug-likeness (QED) is 0.549. The highest BCUT2D eigenvalue weighted by Gasteiger charge is 2.17. The van der Waals surface area contributed by atoms with Gasteiger partial charge in [0, 0.05) is 17.1 Å². The first kappa shape index (κ1) is 19.3. The smallest absolute Gasteiger partial charge is 0.293 e.